The molecule has 2 N–H and O–H groups in total. The lowest BCUT2D eigenvalue weighted by Crippen LogP contribution is -2.34. The fraction of sp³-hybridized carbons (Fsp3) is 0.263. The molecular weight excluding hydrogens is 384 g/mol. The average molecular weight is 406 g/mol. The Morgan fingerprint density at radius 1 is 0.786 bits per heavy atom. The van der Waals surface area contributed by atoms with E-state index in [0.717, 1.165) is 0 Å². The molecule has 0 saturated heterocycles. The van der Waals surface area contributed by atoms with Crippen molar-refractivity contribution >= 4 is 28.9 Å². The molecule has 8 nitrogen and oxygen atoms in total. The second kappa shape index (κ2) is 9.65. The summed E-state index contributed by atoms with van der Waals surface area (Å²) < 4.78 is 26.2. The van der Waals surface area contributed by atoms with Gasteiger partial charge in [0, 0.05) is 17.3 Å². The summed E-state index contributed by atoms with van der Waals surface area (Å²) in [6.07, 6.45) is 0. The number of anilines is 1. The van der Waals surface area contributed by atoms with Crippen LogP contribution in [-0.2, 0) is 0 Å². The molecule has 2 rings (SSSR count). The summed E-state index contributed by atoms with van der Waals surface area (Å²) >= 11 is 5.22. The van der Waals surface area contributed by atoms with Crippen molar-refractivity contribution in [2.24, 2.45) is 0 Å². The van der Waals surface area contributed by atoms with Gasteiger partial charge in [0.1, 0.15) is 0 Å². The van der Waals surface area contributed by atoms with E-state index in [4.69, 9.17) is 35.9 Å². The van der Waals surface area contributed by atoms with Gasteiger partial charge in [-0.2, -0.15) is 0 Å². The lowest BCUT2D eigenvalue weighted by molar-refractivity contribution is 0.0977. The largest absolute Gasteiger partial charge is 0.493 e. The second-order valence-electron chi connectivity index (χ2n) is 5.39. The number of hydrogen-bond donors (Lipinski definition) is 2. The zero-order chi connectivity index (χ0) is 20.7. The maximum absolute atomic E-state index is 12.6. The highest BCUT2D eigenvalue weighted by atomic mass is 32.1. The van der Waals surface area contributed by atoms with Gasteiger partial charge in [0.25, 0.3) is 5.91 Å². The van der Waals surface area contributed by atoms with Crippen molar-refractivity contribution in [1.29, 1.82) is 0 Å². The highest BCUT2D eigenvalue weighted by Gasteiger charge is 2.18. The summed E-state index contributed by atoms with van der Waals surface area (Å²) in [5, 5.41) is 5.65. The van der Waals surface area contributed by atoms with E-state index in [1.54, 1.807) is 25.3 Å². The molecule has 0 fully saturated rings. The zero-order valence-electron chi connectivity index (χ0n) is 16.2. The highest BCUT2D eigenvalue weighted by Crippen LogP contribution is 2.38. The van der Waals surface area contributed by atoms with Gasteiger partial charge in [0.2, 0.25) is 5.75 Å². The summed E-state index contributed by atoms with van der Waals surface area (Å²) in [5.74, 6) is 1.81. The summed E-state index contributed by atoms with van der Waals surface area (Å²) in [6, 6.07) is 8.26. The Labute approximate surface area is 168 Å². The summed E-state index contributed by atoms with van der Waals surface area (Å²) in [4.78, 5) is 12.6. The van der Waals surface area contributed by atoms with Gasteiger partial charge < -0.3 is 29.0 Å². The Hall–Kier alpha value is -3.20. The third kappa shape index (κ3) is 4.74. The van der Waals surface area contributed by atoms with Crippen LogP contribution < -0.4 is 34.3 Å². The normalized spacial score (nSPS) is 9.89. The van der Waals surface area contributed by atoms with E-state index in [1.807, 2.05) is 0 Å². The molecule has 0 heterocycles. The van der Waals surface area contributed by atoms with Crippen molar-refractivity contribution in [3.8, 4) is 28.7 Å². The van der Waals surface area contributed by atoms with Crippen LogP contribution in [0.3, 0.4) is 0 Å². The van der Waals surface area contributed by atoms with Gasteiger partial charge in [-0.1, -0.05) is 0 Å². The second-order valence-corrected chi connectivity index (χ2v) is 5.80. The molecule has 150 valence electrons. The van der Waals surface area contributed by atoms with Crippen molar-refractivity contribution in [2.75, 3.05) is 40.9 Å². The number of carbonyl (C=O) groups is 1. The number of nitrogens with one attached hydrogen (secondary N) is 2. The van der Waals surface area contributed by atoms with Crippen molar-refractivity contribution < 1.29 is 28.5 Å². The predicted octanol–water partition coefficient (Wildman–Crippen LogP) is 2.86. The van der Waals surface area contributed by atoms with Crippen LogP contribution in [0.1, 0.15) is 10.4 Å². The lowest BCUT2D eigenvalue weighted by Gasteiger charge is -2.15. The zero-order valence-corrected chi connectivity index (χ0v) is 17.1. The van der Waals surface area contributed by atoms with Crippen LogP contribution in [0, 0.1) is 0 Å². The molecule has 28 heavy (non-hydrogen) atoms. The van der Waals surface area contributed by atoms with Crippen molar-refractivity contribution in [3.05, 3.63) is 35.9 Å². The number of benzene rings is 2. The van der Waals surface area contributed by atoms with Crippen LogP contribution >= 0.6 is 12.2 Å². The molecule has 0 bridgehead atoms. The molecule has 9 heteroatoms. The van der Waals surface area contributed by atoms with Gasteiger partial charge in [-0.15, -0.1) is 0 Å². The number of hydrogen-bond acceptors (Lipinski definition) is 7. The van der Waals surface area contributed by atoms with E-state index in [-0.39, 0.29) is 5.11 Å². The Bertz CT molecular complexity index is 846. The SMILES string of the molecule is COc1ccc(NC(=S)NC(=O)c2cc(OC)c(OC)c(OC)c2)cc1OC. The number of ether oxygens (including phenoxy) is 5. The third-order valence-electron chi connectivity index (χ3n) is 3.80. The first-order valence-corrected chi connectivity index (χ1v) is 8.52. The first-order valence-electron chi connectivity index (χ1n) is 8.11. The van der Waals surface area contributed by atoms with E-state index >= 15 is 0 Å². The van der Waals surface area contributed by atoms with Crippen LogP contribution in [-0.4, -0.2) is 46.6 Å². The quantitative estimate of drug-likeness (QED) is 0.679. The number of thiocarbonyl (C=S) groups is 1. The summed E-state index contributed by atoms with van der Waals surface area (Å²) in [5.41, 5.74) is 0.929. The molecule has 2 aromatic rings. The minimum absolute atomic E-state index is 0.117. The average Bonchev–Trinajstić information content (AvgIpc) is 2.72. The van der Waals surface area contributed by atoms with Gasteiger partial charge in [0.15, 0.2) is 28.1 Å². The first-order chi connectivity index (χ1) is 13.5. The number of carbonyl (C=O) groups excluding carboxylic acids is 1. The van der Waals surface area contributed by atoms with E-state index < -0.39 is 5.91 Å². The van der Waals surface area contributed by atoms with Crippen LogP contribution in [0.2, 0.25) is 0 Å². The van der Waals surface area contributed by atoms with Gasteiger partial charge in [-0.05, 0) is 36.5 Å². The van der Waals surface area contributed by atoms with Gasteiger partial charge in [-0.25, -0.2) is 0 Å². The maximum Gasteiger partial charge on any atom is 0.257 e. The van der Waals surface area contributed by atoms with Gasteiger partial charge >= 0.3 is 0 Å². The Morgan fingerprint density at radius 3 is 1.86 bits per heavy atom. The minimum atomic E-state index is -0.433. The third-order valence-corrected chi connectivity index (χ3v) is 4.00. The molecule has 1 amide bonds. The van der Waals surface area contributed by atoms with Gasteiger partial charge in [0.05, 0.1) is 35.5 Å². The van der Waals surface area contributed by atoms with Crippen molar-refractivity contribution in [1.82, 2.24) is 5.32 Å². The van der Waals surface area contributed by atoms with Crippen molar-refractivity contribution in [2.45, 2.75) is 0 Å². The lowest BCUT2D eigenvalue weighted by atomic mass is 10.1. The van der Waals surface area contributed by atoms with Crippen LogP contribution in [0.25, 0.3) is 0 Å². The van der Waals surface area contributed by atoms with E-state index in [0.29, 0.717) is 40.0 Å². The number of methoxy groups -OCH3 is 5. The molecule has 0 saturated carbocycles. The standard InChI is InChI=1S/C19H22N2O6S/c1-23-13-7-6-12(10-14(13)24-2)20-19(28)21-18(22)11-8-15(25-3)17(27-5)16(9-11)26-4/h6-10H,1-5H3,(H2,20,21,22,28). The van der Waals surface area contributed by atoms with Gasteiger partial charge in [-0.3, -0.25) is 10.1 Å². The molecule has 0 aliphatic heterocycles. The number of rotatable bonds is 7. The maximum atomic E-state index is 12.6. The Balaban J connectivity index is 2.15. The molecule has 0 aromatic heterocycles. The molecule has 0 unspecified atom stereocenters. The first kappa shape index (κ1) is 21.1. The Kier molecular flexibility index (Phi) is 7.28. The van der Waals surface area contributed by atoms with Crippen molar-refractivity contribution in [3.63, 3.8) is 0 Å². The smallest absolute Gasteiger partial charge is 0.257 e. The molecular formula is C19H22N2O6S. The molecule has 0 spiro atoms. The summed E-state index contributed by atoms with van der Waals surface area (Å²) in [7, 11) is 7.52. The predicted molar refractivity (Wildman–Crippen MR) is 109 cm³/mol. The highest BCUT2D eigenvalue weighted by molar-refractivity contribution is 7.80. The van der Waals surface area contributed by atoms with E-state index in [2.05, 4.69) is 10.6 Å². The molecule has 0 aliphatic rings. The van der Waals surface area contributed by atoms with Crippen LogP contribution in [0.4, 0.5) is 5.69 Å². The fourth-order valence-corrected chi connectivity index (χ4v) is 2.67. The molecule has 2 aromatic carbocycles. The Morgan fingerprint density at radius 2 is 1.36 bits per heavy atom. The minimum Gasteiger partial charge on any atom is -0.493 e. The monoisotopic (exact) mass is 406 g/mol. The van der Waals surface area contributed by atoms with E-state index in [9.17, 15) is 4.79 Å². The van der Waals surface area contributed by atoms with Crippen LogP contribution in [0.15, 0.2) is 30.3 Å². The molecule has 0 radical (unpaired) electrons. The molecule has 0 atom stereocenters. The summed E-state index contributed by atoms with van der Waals surface area (Å²) in [6.45, 7) is 0. The molecule has 0 aliphatic carbocycles. The number of amides is 1. The van der Waals surface area contributed by atoms with E-state index in [1.165, 1.54) is 40.6 Å². The fourth-order valence-electron chi connectivity index (χ4n) is 2.46. The topological polar surface area (TPSA) is 87.3 Å². The van der Waals surface area contributed by atoms with Crippen LogP contribution in [0.5, 0.6) is 28.7 Å².